The van der Waals surface area contributed by atoms with Crippen LogP contribution in [0.3, 0.4) is 0 Å². The first-order valence-corrected chi connectivity index (χ1v) is 9.02. The Balaban J connectivity index is 1.96. The minimum atomic E-state index is -1.23. The molecule has 2 aliphatic rings. The number of nitrogens with zero attached hydrogens (tertiary/aromatic N) is 1. The molecule has 2 heterocycles. The quantitative estimate of drug-likeness (QED) is 0.461. The summed E-state index contributed by atoms with van der Waals surface area (Å²) in [5.41, 5.74) is 2.77. The number of alkyl halides is 1. The van der Waals surface area contributed by atoms with E-state index in [0.717, 1.165) is 16.9 Å². The second-order valence-corrected chi connectivity index (χ2v) is 6.95. The third-order valence-electron chi connectivity index (χ3n) is 4.43. The summed E-state index contributed by atoms with van der Waals surface area (Å²) in [6, 6.07) is 17.1. The van der Waals surface area contributed by atoms with Gasteiger partial charge in [0.2, 0.25) is 0 Å². The van der Waals surface area contributed by atoms with Gasteiger partial charge in [-0.25, -0.2) is 4.79 Å². The summed E-state index contributed by atoms with van der Waals surface area (Å²) in [4.78, 5) is 13.4. The maximum absolute atomic E-state index is 12.9. The summed E-state index contributed by atoms with van der Waals surface area (Å²) >= 11 is 13.6. The summed E-state index contributed by atoms with van der Waals surface area (Å²) < 4.78 is 5.32. The number of rotatable bonds is 3. The Labute approximate surface area is 161 Å². The van der Waals surface area contributed by atoms with E-state index in [1.165, 1.54) is 0 Å². The summed E-state index contributed by atoms with van der Waals surface area (Å²) in [5.74, 6) is 0.0445. The molecule has 1 atom stereocenters. The molecule has 0 radical (unpaired) electrons. The molecule has 2 aromatic carbocycles. The molecule has 0 bridgehead atoms. The molecule has 0 amide bonds. The molecular weight excluding hydrogens is 371 g/mol. The Bertz CT molecular complexity index is 940. The Morgan fingerprint density at radius 3 is 2.58 bits per heavy atom. The first-order chi connectivity index (χ1) is 12.6. The van der Waals surface area contributed by atoms with E-state index in [2.05, 4.69) is 5.32 Å². The molecule has 6 heteroatoms. The molecule has 1 N–H and O–H groups in total. The number of anilines is 2. The Morgan fingerprint density at radius 1 is 1.15 bits per heavy atom. The maximum Gasteiger partial charge on any atom is 0.340 e. The van der Waals surface area contributed by atoms with Crippen molar-refractivity contribution in [3.8, 4) is 0 Å². The van der Waals surface area contributed by atoms with E-state index in [4.69, 9.17) is 27.9 Å². The average molecular weight is 387 g/mol. The van der Waals surface area contributed by atoms with Gasteiger partial charge in [0, 0.05) is 0 Å². The zero-order valence-electron chi connectivity index (χ0n) is 14.0. The molecule has 26 heavy (non-hydrogen) atoms. The number of hydrogen-bond acceptors (Lipinski definition) is 4. The van der Waals surface area contributed by atoms with Crippen molar-refractivity contribution in [2.24, 2.45) is 0 Å². The van der Waals surface area contributed by atoms with Crippen molar-refractivity contribution >= 4 is 40.5 Å². The monoisotopic (exact) mass is 386 g/mol. The summed E-state index contributed by atoms with van der Waals surface area (Å²) in [7, 11) is 0. The predicted molar refractivity (Wildman–Crippen MR) is 104 cm³/mol. The van der Waals surface area contributed by atoms with E-state index < -0.39 is 10.8 Å². The number of halogens is 2. The first kappa shape index (κ1) is 17.0. The SMILES string of the molecule is CCOC(=O)C1=C2Nc3ccccc3N2C(Cl)=CC1(Cl)c1ccccc1. The largest absolute Gasteiger partial charge is 0.462 e. The molecule has 4 nitrogen and oxygen atoms in total. The van der Waals surface area contributed by atoms with Crippen molar-refractivity contribution in [1.29, 1.82) is 0 Å². The number of fused-ring (bicyclic) bond motifs is 3. The molecular formula is C20H16Cl2N2O2. The number of esters is 1. The van der Waals surface area contributed by atoms with E-state index >= 15 is 0 Å². The number of nitrogens with one attached hydrogen (secondary N) is 1. The number of benzene rings is 2. The Kier molecular flexibility index (Phi) is 4.17. The smallest absolute Gasteiger partial charge is 0.340 e. The highest BCUT2D eigenvalue weighted by Crippen LogP contribution is 2.51. The first-order valence-electron chi connectivity index (χ1n) is 8.27. The lowest BCUT2D eigenvalue weighted by atomic mass is 9.87. The number of ether oxygens (including phenoxy) is 1. The molecule has 0 saturated heterocycles. The number of hydrogen-bond donors (Lipinski definition) is 1. The second kappa shape index (κ2) is 6.38. The van der Waals surface area contributed by atoms with Crippen molar-refractivity contribution < 1.29 is 9.53 Å². The minimum absolute atomic E-state index is 0.252. The van der Waals surface area contributed by atoms with E-state index in [9.17, 15) is 4.79 Å². The fourth-order valence-corrected chi connectivity index (χ4v) is 4.10. The third kappa shape index (κ3) is 2.49. The van der Waals surface area contributed by atoms with Crippen molar-refractivity contribution in [3.63, 3.8) is 0 Å². The van der Waals surface area contributed by atoms with Crippen molar-refractivity contribution in [2.45, 2.75) is 11.8 Å². The third-order valence-corrected chi connectivity index (χ3v) is 5.22. The fraction of sp³-hybridized carbons (Fsp3) is 0.150. The van der Waals surface area contributed by atoms with Crippen LogP contribution in [-0.2, 0) is 14.4 Å². The standard InChI is InChI=1S/C20H16Cl2N2O2/c1-2-26-19(25)17-18-23-14-10-6-7-11-15(14)24(18)16(21)12-20(17,22)13-8-4-3-5-9-13/h3-12,23H,2H2,1H3. The van der Waals surface area contributed by atoms with Crippen LogP contribution in [0.4, 0.5) is 11.4 Å². The van der Waals surface area contributed by atoms with Crippen LogP contribution in [0.15, 0.2) is 77.2 Å². The lowest BCUT2D eigenvalue weighted by Gasteiger charge is -2.35. The van der Waals surface area contributed by atoms with E-state index in [1.807, 2.05) is 54.6 Å². The van der Waals surface area contributed by atoms with E-state index in [1.54, 1.807) is 17.9 Å². The van der Waals surface area contributed by atoms with Gasteiger partial charge < -0.3 is 10.1 Å². The molecule has 0 fully saturated rings. The van der Waals surface area contributed by atoms with Gasteiger partial charge in [0.05, 0.1) is 18.0 Å². The molecule has 0 spiro atoms. The fourth-order valence-electron chi connectivity index (χ4n) is 3.30. The highest BCUT2D eigenvalue weighted by atomic mass is 35.5. The molecule has 0 aliphatic carbocycles. The van der Waals surface area contributed by atoms with Crippen molar-refractivity contribution in [2.75, 3.05) is 16.8 Å². The van der Waals surface area contributed by atoms with Gasteiger partial charge in [-0.05, 0) is 30.7 Å². The second-order valence-electron chi connectivity index (χ2n) is 5.97. The molecule has 0 saturated carbocycles. The van der Waals surface area contributed by atoms with Gasteiger partial charge in [-0.3, -0.25) is 4.90 Å². The highest BCUT2D eigenvalue weighted by molar-refractivity contribution is 6.36. The van der Waals surface area contributed by atoms with Gasteiger partial charge >= 0.3 is 5.97 Å². The van der Waals surface area contributed by atoms with Gasteiger partial charge in [-0.2, -0.15) is 0 Å². The van der Waals surface area contributed by atoms with Crippen LogP contribution in [0, 0.1) is 0 Å². The summed E-state index contributed by atoms with van der Waals surface area (Å²) in [5, 5.41) is 3.70. The number of para-hydroxylation sites is 2. The highest BCUT2D eigenvalue weighted by Gasteiger charge is 2.47. The van der Waals surface area contributed by atoms with Gasteiger partial charge in [-0.1, -0.05) is 54.1 Å². The average Bonchev–Trinajstić information content (AvgIpc) is 3.02. The zero-order valence-corrected chi connectivity index (χ0v) is 15.5. The summed E-state index contributed by atoms with van der Waals surface area (Å²) in [6.07, 6.45) is 1.69. The number of allylic oxidation sites excluding steroid dienone is 1. The normalized spacial score (nSPS) is 20.9. The van der Waals surface area contributed by atoms with Crippen LogP contribution < -0.4 is 10.2 Å². The van der Waals surface area contributed by atoms with Crippen LogP contribution in [-0.4, -0.2) is 12.6 Å². The van der Waals surface area contributed by atoms with Gasteiger partial charge in [-0.15, -0.1) is 11.6 Å². The van der Waals surface area contributed by atoms with Crippen molar-refractivity contribution in [1.82, 2.24) is 0 Å². The van der Waals surface area contributed by atoms with Crippen LogP contribution in [0.2, 0.25) is 0 Å². The maximum atomic E-state index is 12.9. The van der Waals surface area contributed by atoms with Crippen LogP contribution in [0.25, 0.3) is 0 Å². The van der Waals surface area contributed by atoms with Crippen LogP contribution in [0.5, 0.6) is 0 Å². The Hall–Kier alpha value is -2.43. The molecule has 2 aromatic rings. The molecule has 4 rings (SSSR count). The van der Waals surface area contributed by atoms with Gasteiger partial charge in [0.25, 0.3) is 0 Å². The van der Waals surface area contributed by atoms with E-state index in [-0.39, 0.29) is 6.61 Å². The molecule has 0 aromatic heterocycles. The molecule has 2 aliphatic heterocycles. The topological polar surface area (TPSA) is 41.6 Å². The van der Waals surface area contributed by atoms with E-state index in [0.29, 0.717) is 16.6 Å². The lowest BCUT2D eigenvalue weighted by molar-refractivity contribution is -0.139. The predicted octanol–water partition coefficient (Wildman–Crippen LogP) is 4.92. The van der Waals surface area contributed by atoms with Crippen LogP contribution in [0.1, 0.15) is 12.5 Å². The van der Waals surface area contributed by atoms with Crippen molar-refractivity contribution in [3.05, 3.63) is 82.8 Å². The number of carbonyl (C=O) groups excluding carboxylic acids is 1. The Morgan fingerprint density at radius 2 is 1.85 bits per heavy atom. The van der Waals surface area contributed by atoms with Crippen LogP contribution >= 0.6 is 23.2 Å². The number of carbonyl (C=O) groups is 1. The zero-order chi connectivity index (χ0) is 18.3. The van der Waals surface area contributed by atoms with Gasteiger partial charge in [0.1, 0.15) is 21.4 Å². The molecule has 1 unspecified atom stereocenters. The minimum Gasteiger partial charge on any atom is -0.462 e. The summed E-state index contributed by atoms with van der Waals surface area (Å²) in [6.45, 7) is 2.02. The lowest BCUT2D eigenvalue weighted by Crippen LogP contribution is -2.37. The van der Waals surface area contributed by atoms with Gasteiger partial charge in [0.15, 0.2) is 0 Å². The molecule has 132 valence electrons.